The highest BCUT2D eigenvalue weighted by molar-refractivity contribution is 6.14. The number of benzene rings is 4. The Balaban J connectivity index is 1.54. The molecule has 6 rings (SSSR count). The summed E-state index contributed by atoms with van der Waals surface area (Å²) >= 11 is 0. The second-order valence-electron chi connectivity index (χ2n) is 12.4. The molecule has 2 aromatic heterocycles. The molecule has 3 nitrogen and oxygen atoms in total. The first-order chi connectivity index (χ1) is 20.2. The summed E-state index contributed by atoms with van der Waals surface area (Å²) in [5.41, 5.74) is 11.1. The molecule has 2 heterocycles. The summed E-state index contributed by atoms with van der Waals surface area (Å²) in [4.78, 5) is 0. The first-order valence-electron chi connectivity index (χ1n) is 14.7. The fourth-order valence-corrected chi connectivity index (χ4v) is 6.24. The lowest BCUT2D eigenvalue weighted by atomic mass is 9.78. The van der Waals surface area contributed by atoms with Gasteiger partial charge in [0.2, 0.25) is 5.69 Å². The summed E-state index contributed by atoms with van der Waals surface area (Å²) in [5.74, 6) is 0.574. The number of nitrogens with zero attached hydrogens (tertiary/aromatic N) is 2. The molecule has 0 aliphatic heterocycles. The van der Waals surface area contributed by atoms with Crippen molar-refractivity contribution < 1.29 is 8.98 Å². The number of furan rings is 1. The van der Waals surface area contributed by atoms with Gasteiger partial charge >= 0.3 is 0 Å². The van der Waals surface area contributed by atoms with Crippen molar-refractivity contribution in [2.45, 2.75) is 46.5 Å². The maximum absolute atomic E-state index is 10.2. The molecule has 0 atom stereocenters. The Bertz CT molecular complexity index is 1970. The van der Waals surface area contributed by atoms with E-state index in [9.17, 15) is 5.26 Å². The molecule has 6 aromatic rings. The Morgan fingerprint density at radius 1 is 0.810 bits per heavy atom. The molecular weight excluding hydrogens is 512 g/mol. The van der Waals surface area contributed by atoms with Gasteiger partial charge in [0.15, 0.2) is 6.20 Å². The predicted molar refractivity (Wildman–Crippen MR) is 172 cm³/mol. The van der Waals surface area contributed by atoms with Crippen molar-refractivity contribution in [2.24, 2.45) is 13.0 Å². The number of rotatable bonds is 6. The molecule has 0 amide bonds. The predicted octanol–water partition coefficient (Wildman–Crippen LogP) is 9.45. The van der Waals surface area contributed by atoms with Crippen LogP contribution in [-0.4, -0.2) is 0 Å². The standard InChI is InChI=1S/C39H37N2O/c1-25(2)22-27-20-21-41(6)34(23-27)35-26(3)12-18-32-33-19-15-29(24-40)36(38(33)42-37(32)35)28-13-16-31(17-14-28)39(4,5)30-10-8-7-9-11-30/h7-21,23,25H,22H2,1-6H3/q+1. The van der Waals surface area contributed by atoms with Crippen molar-refractivity contribution in [1.82, 2.24) is 0 Å². The van der Waals surface area contributed by atoms with Gasteiger partial charge in [0.05, 0.1) is 17.2 Å². The summed E-state index contributed by atoms with van der Waals surface area (Å²) in [6.45, 7) is 11.1. The number of hydrogen-bond donors (Lipinski definition) is 0. The molecule has 42 heavy (non-hydrogen) atoms. The Hall–Kier alpha value is -4.68. The van der Waals surface area contributed by atoms with Crippen molar-refractivity contribution >= 4 is 21.9 Å². The molecular formula is C39H37N2O+. The number of hydrogen-bond acceptors (Lipinski definition) is 2. The van der Waals surface area contributed by atoms with E-state index >= 15 is 0 Å². The van der Waals surface area contributed by atoms with Crippen LogP contribution in [0.25, 0.3) is 44.3 Å². The molecule has 0 fully saturated rings. The fourth-order valence-electron chi connectivity index (χ4n) is 6.24. The summed E-state index contributed by atoms with van der Waals surface area (Å²) in [5, 5.41) is 12.3. The topological polar surface area (TPSA) is 40.8 Å². The Morgan fingerprint density at radius 3 is 2.12 bits per heavy atom. The van der Waals surface area contributed by atoms with Crippen LogP contribution in [0.3, 0.4) is 0 Å². The summed E-state index contributed by atoms with van der Waals surface area (Å²) in [6, 6.07) is 34.4. The third-order valence-electron chi connectivity index (χ3n) is 8.64. The van der Waals surface area contributed by atoms with Crippen LogP contribution in [0.5, 0.6) is 0 Å². The molecule has 0 aliphatic rings. The SMILES string of the molecule is Cc1ccc2c(oc3c(-c4ccc(C(C)(C)c5ccccc5)cc4)c(C#N)ccc32)c1-c1cc(CC(C)C)cc[n+]1C. The molecule has 3 heteroatoms. The first-order valence-corrected chi connectivity index (χ1v) is 14.7. The van der Waals surface area contributed by atoms with Crippen LogP contribution >= 0.6 is 0 Å². The summed E-state index contributed by atoms with van der Waals surface area (Å²) in [6.07, 6.45) is 3.17. The van der Waals surface area contributed by atoms with Crippen molar-refractivity contribution in [2.75, 3.05) is 0 Å². The smallest absolute Gasteiger partial charge is 0.216 e. The zero-order valence-electron chi connectivity index (χ0n) is 25.3. The van der Waals surface area contributed by atoms with E-state index in [1.54, 1.807) is 0 Å². The lowest BCUT2D eigenvalue weighted by Crippen LogP contribution is -2.31. The Labute approximate surface area is 248 Å². The van der Waals surface area contributed by atoms with Gasteiger partial charge < -0.3 is 4.42 Å². The van der Waals surface area contributed by atoms with Crippen LogP contribution in [0.15, 0.2) is 102 Å². The number of aryl methyl sites for hydroxylation is 2. The van der Waals surface area contributed by atoms with Crippen molar-refractivity contribution in [3.8, 4) is 28.5 Å². The molecule has 0 saturated heterocycles. The van der Waals surface area contributed by atoms with Gasteiger partial charge in [-0.3, -0.25) is 0 Å². The Morgan fingerprint density at radius 2 is 1.45 bits per heavy atom. The van der Waals surface area contributed by atoms with Crippen LogP contribution in [-0.2, 0) is 18.9 Å². The molecule has 0 N–H and O–H groups in total. The Kier molecular flexibility index (Phi) is 6.95. The van der Waals surface area contributed by atoms with Gasteiger partial charge in [-0.1, -0.05) is 94.4 Å². The van der Waals surface area contributed by atoms with E-state index in [0.717, 1.165) is 56.3 Å². The maximum Gasteiger partial charge on any atom is 0.216 e. The summed E-state index contributed by atoms with van der Waals surface area (Å²) < 4.78 is 9.00. The van der Waals surface area contributed by atoms with Gasteiger partial charge in [0, 0.05) is 33.9 Å². The van der Waals surface area contributed by atoms with Gasteiger partial charge in [-0.25, -0.2) is 4.57 Å². The second kappa shape index (κ2) is 10.6. The molecule has 208 valence electrons. The van der Waals surface area contributed by atoms with E-state index < -0.39 is 0 Å². The van der Waals surface area contributed by atoms with E-state index in [0.29, 0.717) is 11.5 Å². The van der Waals surface area contributed by atoms with Crippen LogP contribution in [0.4, 0.5) is 0 Å². The minimum Gasteiger partial charge on any atom is -0.454 e. The third kappa shape index (κ3) is 4.68. The van der Waals surface area contributed by atoms with Crippen LogP contribution in [0, 0.1) is 24.2 Å². The van der Waals surface area contributed by atoms with Gasteiger partial charge in [0.25, 0.3) is 0 Å². The van der Waals surface area contributed by atoms with Gasteiger partial charge in [-0.15, -0.1) is 0 Å². The summed E-state index contributed by atoms with van der Waals surface area (Å²) in [7, 11) is 2.09. The average Bonchev–Trinajstić information content (AvgIpc) is 3.36. The van der Waals surface area contributed by atoms with Crippen molar-refractivity contribution in [3.05, 3.63) is 125 Å². The molecule has 0 unspecified atom stereocenters. The molecule has 0 bridgehead atoms. The highest BCUT2D eigenvalue weighted by Gasteiger charge is 2.25. The van der Waals surface area contributed by atoms with Crippen molar-refractivity contribution in [1.29, 1.82) is 5.26 Å². The van der Waals surface area contributed by atoms with Crippen LogP contribution < -0.4 is 4.57 Å². The van der Waals surface area contributed by atoms with Crippen LogP contribution in [0.1, 0.15) is 55.5 Å². The first kappa shape index (κ1) is 27.5. The lowest BCUT2D eigenvalue weighted by molar-refractivity contribution is -0.660. The van der Waals surface area contributed by atoms with E-state index in [2.05, 4.69) is 137 Å². The average molecular weight is 550 g/mol. The van der Waals surface area contributed by atoms with Gasteiger partial charge in [-0.05, 0) is 59.2 Å². The lowest BCUT2D eigenvalue weighted by Gasteiger charge is -2.26. The fraction of sp³-hybridized carbons (Fsp3) is 0.231. The number of pyridine rings is 1. The zero-order valence-corrected chi connectivity index (χ0v) is 25.3. The number of fused-ring (bicyclic) bond motifs is 3. The largest absolute Gasteiger partial charge is 0.454 e. The van der Waals surface area contributed by atoms with E-state index in [1.807, 2.05) is 12.1 Å². The number of aromatic nitrogens is 1. The third-order valence-corrected chi connectivity index (χ3v) is 8.64. The van der Waals surface area contributed by atoms with E-state index in [4.69, 9.17) is 4.42 Å². The molecule has 0 radical (unpaired) electrons. The minimum atomic E-state index is -0.144. The quantitative estimate of drug-likeness (QED) is 0.194. The highest BCUT2D eigenvalue weighted by Crippen LogP contribution is 2.42. The normalized spacial score (nSPS) is 11.9. The molecule has 0 spiro atoms. The zero-order chi connectivity index (χ0) is 29.6. The van der Waals surface area contributed by atoms with Gasteiger partial charge in [-0.2, -0.15) is 5.26 Å². The molecule has 0 saturated carbocycles. The molecule has 4 aromatic carbocycles. The maximum atomic E-state index is 10.2. The highest BCUT2D eigenvalue weighted by atomic mass is 16.3. The monoisotopic (exact) mass is 549 g/mol. The van der Waals surface area contributed by atoms with Crippen molar-refractivity contribution in [3.63, 3.8) is 0 Å². The van der Waals surface area contributed by atoms with Gasteiger partial charge in [0.1, 0.15) is 18.2 Å². The molecule has 0 aliphatic carbocycles. The van der Waals surface area contributed by atoms with E-state index in [1.165, 1.54) is 16.7 Å². The number of nitriles is 1. The minimum absolute atomic E-state index is 0.144. The second-order valence-corrected chi connectivity index (χ2v) is 12.4. The van der Waals surface area contributed by atoms with E-state index in [-0.39, 0.29) is 5.41 Å². The van der Waals surface area contributed by atoms with Crippen LogP contribution in [0.2, 0.25) is 0 Å².